The molecule has 7 heteroatoms. The van der Waals surface area contributed by atoms with Crippen molar-refractivity contribution in [2.75, 3.05) is 25.3 Å². The number of carbonyl (C=O) groups excluding carboxylic acids is 2. The maximum Gasteiger partial charge on any atom is 0.242 e. The van der Waals surface area contributed by atoms with Crippen LogP contribution in [-0.2, 0) is 4.79 Å². The number of methoxy groups -OCH3 is 2. The second kappa shape index (κ2) is 7.37. The van der Waals surface area contributed by atoms with Crippen molar-refractivity contribution < 1.29 is 19.1 Å². The van der Waals surface area contributed by atoms with E-state index in [0.717, 1.165) is 0 Å². The highest BCUT2D eigenvalue weighted by Gasteiger charge is 2.33. The number of carbonyl (C=O) groups is 2. The van der Waals surface area contributed by atoms with E-state index in [-0.39, 0.29) is 17.4 Å². The van der Waals surface area contributed by atoms with Crippen molar-refractivity contribution >= 4 is 40.7 Å². The number of Topliss-reactive ketones (excluding diaryl/α,β-unsaturated/α-hetero) is 1. The van der Waals surface area contributed by atoms with E-state index in [9.17, 15) is 9.59 Å². The molecular weight excluding hydrogens is 362 g/mol. The maximum absolute atomic E-state index is 12.7. The van der Waals surface area contributed by atoms with Crippen molar-refractivity contribution in [3.05, 3.63) is 52.5 Å². The van der Waals surface area contributed by atoms with Gasteiger partial charge in [-0.1, -0.05) is 11.6 Å². The van der Waals surface area contributed by atoms with E-state index in [2.05, 4.69) is 5.32 Å². The molecule has 1 amide bonds. The van der Waals surface area contributed by atoms with E-state index in [1.54, 1.807) is 36.4 Å². The van der Waals surface area contributed by atoms with Gasteiger partial charge < -0.3 is 14.8 Å². The Morgan fingerprint density at radius 1 is 1.16 bits per heavy atom. The smallest absolute Gasteiger partial charge is 0.242 e. The average Bonchev–Trinajstić information content (AvgIpc) is 2.62. The Hall–Kier alpha value is -2.18. The first-order valence-corrected chi connectivity index (χ1v) is 8.93. The third kappa shape index (κ3) is 3.60. The lowest BCUT2D eigenvalue weighted by atomic mass is 9.99. The molecule has 3 rings (SSSR count). The van der Waals surface area contributed by atoms with Crippen molar-refractivity contribution in [2.24, 2.45) is 0 Å². The summed E-state index contributed by atoms with van der Waals surface area (Å²) in [6, 6.07) is 10.2. The van der Waals surface area contributed by atoms with Gasteiger partial charge >= 0.3 is 0 Å². The second-order valence-electron chi connectivity index (χ2n) is 5.40. The fourth-order valence-electron chi connectivity index (χ4n) is 2.64. The molecular formula is C18H16ClNO4S. The summed E-state index contributed by atoms with van der Waals surface area (Å²) in [5.74, 6) is 0.963. The second-order valence-corrected chi connectivity index (χ2v) is 6.93. The quantitative estimate of drug-likeness (QED) is 0.873. The van der Waals surface area contributed by atoms with Gasteiger partial charge in [0.05, 0.1) is 20.0 Å². The molecule has 0 saturated heterocycles. The van der Waals surface area contributed by atoms with Gasteiger partial charge in [-0.25, -0.2) is 0 Å². The Labute approximate surface area is 154 Å². The predicted octanol–water partition coefficient (Wildman–Crippen LogP) is 3.97. The Kier molecular flexibility index (Phi) is 5.20. The number of hydrogen-bond donors (Lipinski definition) is 1. The van der Waals surface area contributed by atoms with E-state index in [4.69, 9.17) is 21.1 Å². The van der Waals surface area contributed by atoms with Crippen LogP contribution in [0.15, 0.2) is 36.4 Å². The third-order valence-electron chi connectivity index (χ3n) is 3.87. The van der Waals surface area contributed by atoms with Gasteiger partial charge in [-0.3, -0.25) is 9.59 Å². The molecule has 1 heterocycles. The molecule has 1 unspecified atom stereocenters. The SMILES string of the molecule is COc1cc2c(cc1OC)C(C(=O)Nc1ccc(Cl)cc1)SCC2=O. The molecule has 1 aliphatic heterocycles. The lowest BCUT2D eigenvalue weighted by molar-refractivity contribution is -0.115. The highest BCUT2D eigenvalue weighted by Crippen LogP contribution is 2.42. The topological polar surface area (TPSA) is 64.6 Å². The van der Waals surface area contributed by atoms with Crippen molar-refractivity contribution in [3.63, 3.8) is 0 Å². The zero-order valence-corrected chi connectivity index (χ0v) is 15.2. The molecule has 0 spiro atoms. The van der Waals surface area contributed by atoms with Gasteiger partial charge in [-0.15, -0.1) is 11.8 Å². The van der Waals surface area contributed by atoms with Crippen LogP contribution in [0.5, 0.6) is 11.5 Å². The number of ether oxygens (including phenoxy) is 2. The zero-order chi connectivity index (χ0) is 18.0. The molecule has 5 nitrogen and oxygen atoms in total. The summed E-state index contributed by atoms with van der Waals surface area (Å²) in [6.07, 6.45) is 0. The van der Waals surface area contributed by atoms with E-state index < -0.39 is 5.25 Å². The van der Waals surface area contributed by atoms with Crippen molar-refractivity contribution in [2.45, 2.75) is 5.25 Å². The number of amides is 1. The Morgan fingerprint density at radius 3 is 2.44 bits per heavy atom. The van der Waals surface area contributed by atoms with Crippen LogP contribution in [0.1, 0.15) is 21.2 Å². The van der Waals surface area contributed by atoms with Crippen LogP contribution in [0.2, 0.25) is 5.02 Å². The standard InChI is InChI=1S/C18H16ClNO4S/c1-23-15-7-12-13(8-16(15)24-2)17(25-9-14(12)21)18(22)20-11-5-3-10(19)4-6-11/h3-8,17H,9H2,1-2H3,(H,20,22). The van der Waals surface area contributed by atoms with Crippen molar-refractivity contribution in [1.82, 2.24) is 0 Å². The lowest BCUT2D eigenvalue weighted by Crippen LogP contribution is -2.26. The summed E-state index contributed by atoms with van der Waals surface area (Å²) >= 11 is 7.15. The minimum Gasteiger partial charge on any atom is -0.493 e. The molecule has 0 saturated carbocycles. The Bertz CT molecular complexity index is 823. The number of nitrogens with one attached hydrogen (secondary N) is 1. The minimum absolute atomic E-state index is 0.0310. The van der Waals surface area contributed by atoms with Crippen LogP contribution >= 0.6 is 23.4 Å². The molecule has 1 aliphatic rings. The minimum atomic E-state index is -0.511. The molecule has 0 radical (unpaired) electrons. The number of hydrogen-bond acceptors (Lipinski definition) is 5. The van der Waals surface area contributed by atoms with Crippen molar-refractivity contribution in [1.29, 1.82) is 0 Å². The molecule has 2 aromatic rings. The number of rotatable bonds is 4. The van der Waals surface area contributed by atoms with Crippen LogP contribution in [0.25, 0.3) is 0 Å². The summed E-state index contributed by atoms with van der Waals surface area (Å²) < 4.78 is 10.6. The molecule has 0 bridgehead atoms. The summed E-state index contributed by atoms with van der Waals surface area (Å²) in [6.45, 7) is 0. The van der Waals surface area contributed by atoms with E-state index in [0.29, 0.717) is 33.3 Å². The molecule has 0 aliphatic carbocycles. The Balaban J connectivity index is 1.93. The molecule has 130 valence electrons. The first-order chi connectivity index (χ1) is 12.0. The van der Waals surface area contributed by atoms with Gasteiger partial charge in [0.15, 0.2) is 17.3 Å². The van der Waals surface area contributed by atoms with Gasteiger partial charge in [-0.2, -0.15) is 0 Å². The van der Waals surface area contributed by atoms with Gasteiger partial charge in [0.1, 0.15) is 5.25 Å². The van der Waals surface area contributed by atoms with Crippen LogP contribution < -0.4 is 14.8 Å². The lowest BCUT2D eigenvalue weighted by Gasteiger charge is -2.25. The monoisotopic (exact) mass is 377 g/mol. The first kappa shape index (κ1) is 17.6. The molecule has 0 fully saturated rings. The van der Waals surface area contributed by atoms with Gasteiger partial charge in [0.2, 0.25) is 5.91 Å². The maximum atomic E-state index is 12.7. The number of ketones is 1. The van der Waals surface area contributed by atoms with Crippen LogP contribution in [0.4, 0.5) is 5.69 Å². The molecule has 1 N–H and O–H groups in total. The highest BCUT2D eigenvalue weighted by atomic mass is 35.5. The molecule has 1 atom stereocenters. The summed E-state index contributed by atoms with van der Waals surface area (Å²) in [7, 11) is 3.03. The predicted molar refractivity (Wildman–Crippen MR) is 99.2 cm³/mol. The van der Waals surface area contributed by atoms with Crippen molar-refractivity contribution in [3.8, 4) is 11.5 Å². The number of thioether (sulfide) groups is 1. The van der Waals surface area contributed by atoms with E-state index >= 15 is 0 Å². The largest absolute Gasteiger partial charge is 0.493 e. The summed E-state index contributed by atoms with van der Waals surface area (Å²) in [5.41, 5.74) is 1.77. The first-order valence-electron chi connectivity index (χ1n) is 7.50. The number of anilines is 1. The van der Waals surface area contributed by atoms with Crippen LogP contribution in [0.3, 0.4) is 0 Å². The molecule has 25 heavy (non-hydrogen) atoms. The molecule has 2 aromatic carbocycles. The van der Waals surface area contributed by atoms with E-state index in [1.165, 1.54) is 26.0 Å². The average molecular weight is 378 g/mol. The number of halogens is 1. The number of fused-ring (bicyclic) bond motifs is 1. The van der Waals surface area contributed by atoms with Crippen LogP contribution in [-0.4, -0.2) is 31.7 Å². The Morgan fingerprint density at radius 2 is 1.80 bits per heavy atom. The van der Waals surface area contributed by atoms with E-state index in [1.807, 2.05) is 0 Å². The number of benzene rings is 2. The van der Waals surface area contributed by atoms with Gasteiger partial charge in [0, 0.05) is 16.3 Å². The van der Waals surface area contributed by atoms with Crippen LogP contribution in [0, 0.1) is 0 Å². The van der Waals surface area contributed by atoms with Gasteiger partial charge in [0.25, 0.3) is 0 Å². The third-order valence-corrected chi connectivity index (χ3v) is 5.35. The zero-order valence-electron chi connectivity index (χ0n) is 13.7. The fraction of sp³-hybridized carbons (Fsp3) is 0.222. The van der Waals surface area contributed by atoms with Gasteiger partial charge in [-0.05, 0) is 42.0 Å². The molecule has 0 aromatic heterocycles. The fourth-order valence-corrected chi connectivity index (χ4v) is 3.82. The normalized spacial score (nSPS) is 16.1. The highest BCUT2D eigenvalue weighted by molar-refractivity contribution is 8.01. The summed E-state index contributed by atoms with van der Waals surface area (Å²) in [5, 5.41) is 2.94. The summed E-state index contributed by atoms with van der Waals surface area (Å²) in [4.78, 5) is 25.0.